The lowest BCUT2D eigenvalue weighted by atomic mass is 9.88. The van der Waals surface area contributed by atoms with E-state index in [0.29, 0.717) is 25.0 Å². The van der Waals surface area contributed by atoms with Crippen molar-refractivity contribution < 1.29 is 8.85 Å². The summed E-state index contributed by atoms with van der Waals surface area (Å²) in [6.45, 7) is 20.0. The van der Waals surface area contributed by atoms with Gasteiger partial charge in [0.15, 0.2) is 0 Å². The van der Waals surface area contributed by atoms with Crippen LogP contribution in [0, 0.1) is 23.7 Å². The fraction of sp³-hybridized carbons (Fsp3) is 0.306. The first-order valence-corrected chi connectivity index (χ1v) is 23.2. The lowest BCUT2D eigenvalue weighted by Gasteiger charge is -2.45. The molecule has 0 radical (unpaired) electrons. The van der Waals surface area contributed by atoms with Gasteiger partial charge in [-0.2, -0.15) is 0 Å². The number of rotatable bonds is 13. The lowest BCUT2D eigenvalue weighted by Crippen LogP contribution is -2.67. The number of hydrogen-bond acceptors (Lipinski definition) is 2. The lowest BCUT2D eigenvalue weighted by molar-refractivity contribution is 0.129. The van der Waals surface area contributed by atoms with Crippen LogP contribution in [0.1, 0.15) is 53.5 Å². The van der Waals surface area contributed by atoms with Crippen LogP contribution in [-0.2, 0) is 8.85 Å². The number of hydrogen-bond donors (Lipinski definition) is 0. The third kappa shape index (κ3) is 7.93. The summed E-state index contributed by atoms with van der Waals surface area (Å²) in [5.41, 5.74) is 1.22. The molecule has 0 spiro atoms. The highest BCUT2D eigenvalue weighted by molar-refractivity contribution is 7.00. The van der Waals surface area contributed by atoms with Gasteiger partial charge >= 0.3 is 0 Å². The summed E-state index contributed by atoms with van der Waals surface area (Å²) in [5.74, 6) is 1.08. The van der Waals surface area contributed by atoms with E-state index in [0.717, 1.165) is 6.42 Å². The van der Waals surface area contributed by atoms with E-state index in [-0.39, 0.29) is 21.9 Å². The van der Waals surface area contributed by atoms with Gasteiger partial charge in [-0.25, -0.2) is 0 Å². The largest absolute Gasteiger partial charge is 0.407 e. The third-order valence-corrected chi connectivity index (χ3v) is 21.7. The number of allylic oxidation sites excluding steroid dienone is 2. The second-order valence-corrected chi connectivity index (χ2v) is 25.5. The first-order chi connectivity index (χ1) is 25.5. The number of benzene rings is 5. The SMILES string of the molecule is C=C[C@@H]1C[C@H](/C=C/c2ccccc2)[C@H](CO[Si](c2ccccc2)(c2ccccc2)C(C)(C)C)[C@@H]1CO[Si](c1ccccc1)(c1ccccc1)C(C)(C)C. The minimum Gasteiger partial charge on any atom is -0.407 e. The fourth-order valence-corrected chi connectivity index (χ4v) is 18.2. The van der Waals surface area contributed by atoms with Crippen LogP contribution in [0.4, 0.5) is 0 Å². The minimum atomic E-state index is -2.77. The molecule has 4 heteroatoms. The van der Waals surface area contributed by atoms with Gasteiger partial charge in [-0.15, -0.1) is 6.58 Å². The molecular formula is C49H58O2Si2. The topological polar surface area (TPSA) is 18.5 Å². The zero-order valence-corrected chi connectivity index (χ0v) is 34.6. The second kappa shape index (κ2) is 16.5. The van der Waals surface area contributed by atoms with Crippen molar-refractivity contribution >= 4 is 43.5 Å². The van der Waals surface area contributed by atoms with Crippen molar-refractivity contribution in [3.63, 3.8) is 0 Å². The standard InChI is InChI=1S/C49H58O2Si2/c1-8-40-36-41(35-34-39-24-14-9-15-25-39)47(38-51-53(49(5,6)7,44-30-20-12-21-31-44)45-32-22-13-23-33-45)46(40)37-50-52(48(2,3)4,42-26-16-10-17-27-42)43-28-18-11-19-29-43/h8-35,40-41,46-47H,1,36-38H2,2-7H3/b35-34+/t40-,41+,46-,47+/m1/s1. The van der Waals surface area contributed by atoms with Gasteiger partial charge in [0.05, 0.1) is 0 Å². The first kappa shape index (κ1) is 38.7. The molecule has 5 aromatic rings. The molecule has 1 aliphatic rings. The van der Waals surface area contributed by atoms with Gasteiger partial charge in [0.2, 0.25) is 0 Å². The van der Waals surface area contributed by atoms with E-state index in [9.17, 15) is 0 Å². The minimum absolute atomic E-state index is 0.106. The van der Waals surface area contributed by atoms with Crippen LogP contribution in [0.15, 0.2) is 170 Å². The summed E-state index contributed by atoms with van der Waals surface area (Å²) in [7, 11) is -5.53. The zero-order valence-electron chi connectivity index (χ0n) is 32.6. The van der Waals surface area contributed by atoms with E-state index in [1.54, 1.807) is 0 Å². The predicted molar refractivity (Wildman–Crippen MR) is 231 cm³/mol. The molecule has 1 fully saturated rings. The van der Waals surface area contributed by atoms with Gasteiger partial charge in [-0.3, -0.25) is 0 Å². The van der Waals surface area contributed by atoms with Crippen molar-refractivity contribution in [1.82, 2.24) is 0 Å². The van der Waals surface area contributed by atoms with Crippen molar-refractivity contribution in [2.45, 2.75) is 58.0 Å². The van der Waals surface area contributed by atoms with Gasteiger partial charge in [-0.1, -0.05) is 211 Å². The van der Waals surface area contributed by atoms with Crippen LogP contribution in [0.5, 0.6) is 0 Å². The summed E-state index contributed by atoms with van der Waals surface area (Å²) < 4.78 is 15.5. The quantitative estimate of drug-likeness (QED) is 0.0886. The maximum atomic E-state index is 7.75. The Morgan fingerprint density at radius 2 is 0.830 bits per heavy atom. The van der Waals surface area contributed by atoms with Crippen molar-refractivity contribution in [1.29, 1.82) is 0 Å². The van der Waals surface area contributed by atoms with E-state index >= 15 is 0 Å². The highest BCUT2D eigenvalue weighted by Gasteiger charge is 2.54. The van der Waals surface area contributed by atoms with Gasteiger partial charge in [-0.05, 0) is 66.5 Å². The average Bonchev–Trinajstić information content (AvgIpc) is 3.51. The van der Waals surface area contributed by atoms with Gasteiger partial charge in [0.1, 0.15) is 0 Å². The maximum Gasteiger partial charge on any atom is 0.261 e. The molecule has 0 amide bonds. The van der Waals surface area contributed by atoms with E-state index in [1.807, 2.05) is 0 Å². The van der Waals surface area contributed by atoms with E-state index < -0.39 is 16.6 Å². The smallest absolute Gasteiger partial charge is 0.261 e. The summed E-state index contributed by atoms with van der Waals surface area (Å²) >= 11 is 0. The monoisotopic (exact) mass is 734 g/mol. The molecule has 1 aliphatic carbocycles. The Bertz CT molecular complexity index is 1820. The van der Waals surface area contributed by atoms with Crippen molar-refractivity contribution in [2.75, 3.05) is 13.2 Å². The highest BCUT2D eigenvalue weighted by atomic mass is 28.4. The van der Waals surface area contributed by atoms with E-state index in [4.69, 9.17) is 8.85 Å². The molecule has 0 aliphatic heterocycles. The molecule has 0 saturated heterocycles. The van der Waals surface area contributed by atoms with Gasteiger partial charge in [0.25, 0.3) is 16.6 Å². The van der Waals surface area contributed by atoms with E-state index in [2.05, 4.69) is 218 Å². The first-order valence-electron chi connectivity index (χ1n) is 19.4. The zero-order chi connectivity index (χ0) is 37.5. The van der Waals surface area contributed by atoms with Crippen molar-refractivity contribution in [3.05, 3.63) is 176 Å². The molecule has 6 rings (SSSR count). The fourth-order valence-electron chi connectivity index (χ4n) is 9.05. The molecule has 4 atom stereocenters. The summed E-state index contributed by atoms with van der Waals surface area (Å²) in [5, 5.41) is 5.04. The second-order valence-electron chi connectivity index (χ2n) is 16.8. The molecule has 0 aromatic heterocycles. The van der Waals surface area contributed by atoms with E-state index in [1.165, 1.54) is 26.3 Å². The molecule has 274 valence electrons. The van der Waals surface area contributed by atoms with Crippen molar-refractivity contribution in [2.24, 2.45) is 23.7 Å². The summed E-state index contributed by atoms with van der Waals surface area (Å²) in [6, 6.07) is 54.8. The Balaban J connectivity index is 1.44. The molecular weight excluding hydrogens is 677 g/mol. The Kier molecular flexibility index (Phi) is 12.1. The van der Waals surface area contributed by atoms with Crippen LogP contribution in [0.25, 0.3) is 6.08 Å². The summed E-state index contributed by atoms with van der Waals surface area (Å²) in [4.78, 5) is 0. The summed E-state index contributed by atoms with van der Waals surface area (Å²) in [6.07, 6.45) is 7.99. The van der Waals surface area contributed by atoms with Crippen LogP contribution in [-0.4, -0.2) is 29.8 Å². The Morgan fingerprint density at radius 1 is 0.509 bits per heavy atom. The molecule has 0 N–H and O–H groups in total. The van der Waals surface area contributed by atoms with Gasteiger partial charge < -0.3 is 8.85 Å². The van der Waals surface area contributed by atoms with Crippen molar-refractivity contribution in [3.8, 4) is 0 Å². The molecule has 1 saturated carbocycles. The molecule has 0 heterocycles. The Hall–Kier alpha value is -4.07. The Labute approximate surface area is 321 Å². The molecule has 0 bridgehead atoms. The Morgan fingerprint density at radius 3 is 1.15 bits per heavy atom. The molecule has 2 nitrogen and oxygen atoms in total. The third-order valence-electron chi connectivity index (χ3n) is 11.7. The van der Waals surface area contributed by atoms with Crippen LogP contribution in [0.2, 0.25) is 10.1 Å². The molecule has 5 aromatic carbocycles. The molecule has 53 heavy (non-hydrogen) atoms. The maximum absolute atomic E-state index is 7.75. The molecule has 0 unspecified atom stereocenters. The average molecular weight is 735 g/mol. The highest BCUT2D eigenvalue weighted by Crippen LogP contribution is 2.47. The van der Waals surface area contributed by atoms with Crippen LogP contribution >= 0.6 is 0 Å². The van der Waals surface area contributed by atoms with Crippen LogP contribution in [0.3, 0.4) is 0 Å². The normalized spacial score (nSPS) is 19.7. The van der Waals surface area contributed by atoms with Crippen LogP contribution < -0.4 is 20.7 Å². The predicted octanol–water partition coefficient (Wildman–Crippen LogP) is 9.91. The van der Waals surface area contributed by atoms with Gasteiger partial charge in [0, 0.05) is 13.2 Å².